The molecule has 0 spiro atoms. The van der Waals surface area contributed by atoms with Crippen LogP contribution in [0.2, 0.25) is 5.02 Å². The van der Waals surface area contributed by atoms with Gasteiger partial charge in [-0.15, -0.1) is 0 Å². The zero-order valence-electron chi connectivity index (χ0n) is 20.5. The smallest absolute Gasteiger partial charge is 0.264 e. The Kier molecular flexibility index (Phi) is 8.65. The van der Waals surface area contributed by atoms with Gasteiger partial charge in [0.2, 0.25) is 5.91 Å². The first-order valence-corrected chi connectivity index (χ1v) is 15.6. The highest BCUT2D eigenvalue weighted by Crippen LogP contribution is 2.31. The van der Waals surface area contributed by atoms with Crippen LogP contribution < -0.4 is 14.3 Å². The Labute approximate surface area is 240 Å². The molecule has 0 aliphatic heterocycles. The molecule has 0 saturated carbocycles. The first-order chi connectivity index (χ1) is 18.5. The average molecular weight is 649 g/mol. The van der Waals surface area contributed by atoms with Crippen molar-refractivity contribution in [3.05, 3.63) is 112 Å². The summed E-state index contributed by atoms with van der Waals surface area (Å²) in [5.74, 6) is -0.627. The van der Waals surface area contributed by atoms with E-state index >= 15 is 0 Å². The largest absolute Gasteiger partial charge is 0.325 e. The van der Waals surface area contributed by atoms with Crippen molar-refractivity contribution in [1.29, 1.82) is 0 Å². The second-order valence-corrected chi connectivity index (χ2v) is 13.3. The van der Waals surface area contributed by atoms with Crippen molar-refractivity contribution in [2.24, 2.45) is 0 Å². The lowest BCUT2D eigenvalue weighted by atomic mass is 10.2. The molecule has 0 unspecified atom stereocenters. The number of rotatable bonds is 9. The SMILES string of the molecule is Cc1c(Cl)cccc1N(CC(=O)Nc1ccc(S(=O)(=O)Nc2ccc(Br)cc2)cc1)S(=O)(=O)c1ccccc1. The van der Waals surface area contributed by atoms with Gasteiger partial charge in [0.05, 0.1) is 15.5 Å². The summed E-state index contributed by atoms with van der Waals surface area (Å²) in [5, 5.41) is 2.99. The van der Waals surface area contributed by atoms with Crippen molar-refractivity contribution < 1.29 is 21.6 Å². The second kappa shape index (κ2) is 11.8. The van der Waals surface area contributed by atoms with Crippen LogP contribution in [0.3, 0.4) is 0 Å². The predicted octanol–water partition coefficient (Wildman–Crippen LogP) is 6.05. The number of nitrogens with one attached hydrogen (secondary N) is 2. The van der Waals surface area contributed by atoms with Gasteiger partial charge in [-0.3, -0.25) is 13.8 Å². The topological polar surface area (TPSA) is 113 Å². The third-order valence-corrected chi connectivity index (χ3v) is 9.78. The van der Waals surface area contributed by atoms with Crippen molar-refractivity contribution in [3.63, 3.8) is 0 Å². The van der Waals surface area contributed by atoms with E-state index in [9.17, 15) is 21.6 Å². The van der Waals surface area contributed by atoms with Crippen LogP contribution in [0.15, 0.2) is 111 Å². The van der Waals surface area contributed by atoms with Gasteiger partial charge in [-0.1, -0.05) is 51.8 Å². The van der Waals surface area contributed by atoms with E-state index in [1.54, 1.807) is 67.6 Å². The number of halogens is 2. The first-order valence-electron chi connectivity index (χ1n) is 11.5. The molecule has 1 amide bonds. The number of carbonyl (C=O) groups is 1. The summed E-state index contributed by atoms with van der Waals surface area (Å²) in [4.78, 5) is 13.0. The van der Waals surface area contributed by atoms with Gasteiger partial charge in [0.15, 0.2) is 0 Å². The quantitative estimate of drug-likeness (QED) is 0.230. The highest BCUT2D eigenvalue weighted by Gasteiger charge is 2.28. The number of nitrogens with zero attached hydrogens (tertiary/aromatic N) is 1. The molecule has 8 nitrogen and oxygen atoms in total. The Morgan fingerprint density at radius 3 is 2.05 bits per heavy atom. The lowest BCUT2D eigenvalue weighted by Crippen LogP contribution is -2.38. The van der Waals surface area contributed by atoms with Crippen LogP contribution in [0.25, 0.3) is 0 Å². The molecule has 0 bridgehead atoms. The third-order valence-electron chi connectivity index (χ3n) is 5.67. The molecule has 12 heteroatoms. The second-order valence-electron chi connectivity index (χ2n) is 8.39. The number of hydrogen-bond donors (Lipinski definition) is 2. The van der Waals surface area contributed by atoms with Crippen LogP contribution in [0.5, 0.6) is 0 Å². The summed E-state index contributed by atoms with van der Waals surface area (Å²) >= 11 is 9.55. The zero-order valence-corrected chi connectivity index (χ0v) is 24.5. The highest BCUT2D eigenvalue weighted by molar-refractivity contribution is 9.10. The van der Waals surface area contributed by atoms with Crippen LogP contribution in [-0.2, 0) is 24.8 Å². The molecule has 0 saturated heterocycles. The fourth-order valence-corrected chi connectivity index (χ4v) is 6.66. The number of anilines is 3. The van der Waals surface area contributed by atoms with Crippen molar-refractivity contribution in [1.82, 2.24) is 0 Å². The van der Waals surface area contributed by atoms with Crippen molar-refractivity contribution in [2.45, 2.75) is 16.7 Å². The Bertz CT molecular complexity index is 1700. The monoisotopic (exact) mass is 647 g/mol. The average Bonchev–Trinajstić information content (AvgIpc) is 2.91. The molecule has 0 fully saturated rings. The van der Waals surface area contributed by atoms with Gasteiger partial charge in [-0.25, -0.2) is 16.8 Å². The van der Waals surface area contributed by atoms with Crippen LogP contribution in [-0.4, -0.2) is 29.3 Å². The Morgan fingerprint density at radius 1 is 0.795 bits per heavy atom. The molecule has 0 radical (unpaired) electrons. The molecule has 0 aromatic heterocycles. The van der Waals surface area contributed by atoms with E-state index < -0.39 is 32.5 Å². The number of amides is 1. The minimum atomic E-state index is -4.12. The van der Waals surface area contributed by atoms with Crippen molar-refractivity contribution >= 4 is 70.5 Å². The van der Waals surface area contributed by atoms with E-state index in [0.717, 1.165) is 8.78 Å². The summed E-state index contributed by atoms with van der Waals surface area (Å²) in [6.45, 7) is 1.13. The molecule has 0 aliphatic carbocycles. The Morgan fingerprint density at radius 2 is 1.41 bits per heavy atom. The molecule has 202 valence electrons. The van der Waals surface area contributed by atoms with E-state index in [-0.39, 0.29) is 15.5 Å². The lowest BCUT2D eigenvalue weighted by Gasteiger charge is -2.26. The van der Waals surface area contributed by atoms with Gasteiger partial charge < -0.3 is 5.32 Å². The molecule has 39 heavy (non-hydrogen) atoms. The Hall–Kier alpha value is -3.38. The molecular weight excluding hydrogens is 626 g/mol. The number of hydrogen-bond acceptors (Lipinski definition) is 5. The summed E-state index contributed by atoms with van der Waals surface area (Å²) in [5.41, 5.74) is 1.45. The van der Waals surface area contributed by atoms with Gasteiger partial charge >= 0.3 is 0 Å². The van der Waals surface area contributed by atoms with Gasteiger partial charge in [-0.2, -0.15) is 0 Å². The summed E-state index contributed by atoms with van der Waals surface area (Å²) in [6.07, 6.45) is 0. The van der Waals surface area contributed by atoms with E-state index in [1.807, 2.05) is 0 Å². The van der Waals surface area contributed by atoms with Gasteiger partial charge in [0, 0.05) is 20.9 Å². The molecule has 2 N–H and O–H groups in total. The van der Waals surface area contributed by atoms with Crippen molar-refractivity contribution in [2.75, 3.05) is 20.9 Å². The minimum absolute atomic E-state index is 0.00810. The fraction of sp³-hybridized carbons (Fsp3) is 0.0741. The molecule has 4 aromatic rings. The molecular formula is C27H23BrClN3O5S2. The van der Waals surface area contributed by atoms with E-state index in [1.165, 1.54) is 36.4 Å². The maximum Gasteiger partial charge on any atom is 0.264 e. The summed E-state index contributed by atoms with van der Waals surface area (Å²) in [7, 11) is -7.98. The van der Waals surface area contributed by atoms with Gasteiger partial charge in [0.25, 0.3) is 20.0 Å². The summed E-state index contributed by atoms with van der Waals surface area (Å²) < 4.78 is 56.8. The highest BCUT2D eigenvalue weighted by atomic mass is 79.9. The molecule has 0 heterocycles. The zero-order chi connectivity index (χ0) is 28.2. The van der Waals surface area contributed by atoms with Crippen LogP contribution in [0, 0.1) is 6.92 Å². The maximum atomic E-state index is 13.5. The number of benzene rings is 4. The molecule has 4 rings (SSSR count). The maximum absolute atomic E-state index is 13.5. The van der Waals surface area contributed by atoms with E-state index in [4.69, 9.17) is 11.6 Å². The minimum Gasteiger partial charge on any atom is -0.325 e. The normalized spacial score (nSPS) is 11.6. The van der Waals surface area contributed by atoms with Gasteiger partial charge in [0.1, 0.15) is 6.54 Å². The molecule has 0 aliphatic rings. The van der Waals surface area contributed by atoms with Crippen LogP contribution in [0.4, 0.5) is 17.1 Å². The number of carbonyl (C=O) groups excluding carboxylic acids is 1. The first kappa shape index (κ1) is 28.6. The fourth-order valence-electron chi connectivity index (χ4n) is 3.67. The molecule has 0 atom stereocenters. The van der Waals surface area contributed by atoms with E-state index in [2.05, 4.69) is 26.0 Å². The van der Waals surface area contributed by atoms with Crippen LogP contribution >= 0.6 is 27.5 Å². The summed E-state index contributed by atoms with van der Waals surface area (Å²) in [6, 6.07) is 24.8. The predicted molar refractivity (Wildman–Crippen MR) is 157 cm³/mol. The van der Waals surface area contributed by atoms with Gasteiger partial charge in [-0.05, 0) is 85.3 Å². The lowest BCUT2D eigenvalue weighted by molar-refractivity contribution is -0.114. The standard InChI is InChI=1S/C27H23BrClN3O5S2/c1-19-25(29)8-5-9-26(19)32(39(36,37)24-6-3-2-4-7-24)18-27(33)30-21-14-16-23(17-15-21)38(34,35)31-22-12-10-20(28)11-13-22/h2-17,31H,18H2,1H3,(H,30,33). The third kappa shape index (κ3) is 6.80. The van der Waals surface area contributed by atoms with Crippen molar-refractivity contribution in [3.8, 4) is 0 Å². The Balaban J connectivity index is 1.55. The van der Waals surface area contributed by atoms with Crippen LogP contribution in [0.1, 0.15) is 5.56 Å². The molecule has 4 aromatic carbocycles. The van der Waals surface area contributed by atoms with E-state index in [0.29, 0.717) is 22.0 Å². The number of sulfonamides is 2.